The minimum absolute atomic E-state index is 0.0321. The van der Waals surface area contributed by atoms with Gasteiger partial charge in [-0.1, -0.05) is 85.6 Å². The number of carbonyl (C=O) groups is 2. The normalized spacial score (nSPS) is 11.8. The van der Waals surface area contributed by atoms with Gasteiger partial charge in [0, 0.05) is 19.5 Å². The molecule has 254 valence electrons. The van der Waals surface area contributed by atoms with E-state index >= 15 is 0 Å². The molecule has 0 aliphatic rings. The maximum atomic E-state index is 14.7. The Morgan fingerprint density at radius 3 is 2.23 bits per heavy atom. The number of methoxy groups -OCH3 is 1. The van der Waals surface area contributed by atoms with Crippen molar-refractivity contribution in [2.24, 2.45) is 0 Å². The summed E-state index contributed by atoms with van der Waals surface area (Å²) < 4.78 is 41.1. The lowest BCUT2D eigenvalue weighted by atomic mass is 10.0. The maximum absolute atomic E-state index is 14.7. The summed E-state index contributed by atoms with van der Waals surface area (Å²) in [4.78, 5) is 30.2. The van der Waals surface area contributed by atoms with E-state index in [0.29, 0.717) is 24.7 Å². The molecule has 0 aliphatic carbocycles. The number of rotatable bonds is 17. The molecule has 0 bridgehead atoms. The molecule has 4 aromatic rings. The van der Waals surface area contributed by atoms with E-state index in [4.69, 9.17) is 9.47 Å². The molecule has 4 aromatic carbocycles. The van der Waals surface area contributed by atoms with Crippen LogP contribution in [0.3, 0.4) is 0 Å². The van der Waals surface area contributed by atoms with E-state index in [-0.39, 0.29) is 29.5 Å². The van der Waals surface area contributed by atoms with E-state index in [2.05, 4.69) is 5.32 Å². The third-order valence-corrected chi connectivity index (χ3v) is 9.68. The number of nitrogens with one attached hydrogen (secondary N) is 1. The molecule has 10 heteroatoms. The first-order valence-electron chi connectivity index (χ1n) is 16.2. The van der Waals surface area contributed by atoms with Gasteiger partial charge in [-0.25, -0.2) is 8.42 Å². The molecule has 0 saturated carbocycles. The van der Waals surface area contributed by atoms with Gasteiger partial charge in [0.15, 0.2) is 0 Å². The maximum Gasteiger partial charge on any atom is 0.264 e. The molecular weight excluding hydrogens is 627 g/mol. The van der Waals surface area contributed by atoms with E-state index in [1.54, 1.807) is 55.6 Å². The first-order chi connectivity index (χ1) is 23.2. The Balaban J connectivity index is 1.83. The number of ether oxygens (including phenoxy) is 2. The zero-order valence-corrected chi connectivity index (χ0v) is 28.9. The van der Waals surface area contributed by atoms with Crippen molar-refractivity contribution in [2.75, 3.05) is 31.1 Å². The molecule has 0 aromatic heterocycles. The predicted molar refractivity (Wildman–Crippen MR) is 189 cm³/mol. The average Bonchev–Trinajstić information content (AvgIpc) is 3.10. The smallest absolute Gasteiger partial charge is 0.264 e. The van der Waals surface area contributed by atoms with Gasteiger partial charge in [0.05, 0.1) is 24.3 Å². The summed E-state index contributed by atoms with van der Waals surface area (Å²) in [6.45, 7) is 5.94. The van der Waals surface area contributed by atoms with Gasteiger partial charge in [0.1, 0.15) is 24.1 Å². The third kappa shape index (κ3) is 9.38. The predicted octanol–water partition coefficient (Wildman–Crippen LogP) is 6.15. The van der Waals surface area contributed by atoms with Gasteiger partial charge in [-0.05, 0) is 67.8 Å². The Labute approximate surface area is 284 Å². The Hall–Kier alpha value is -4.83. The Bertz CT molecular complexity index is 1750. The molecule has 0 fully saturated rings. The van der Waals surface area contributed by atoms with Gasteiger partial charge in [-0.3, -0.25) is 13.9 Å². The van der Waals surface area contributed by atoms with Crippen molar-refractivity contribution in [3.8, 4) is 11.5 Å². The van der Waals surface area contributed by atoms with Crippen LogP contribution >= 0.6 is 0 Å². The summed E-state index contributed by atoms with van der Waals surface area (Å²) in [6.07, 6.45) is 1.90. The summed E-state index contributed by atoms with van der Waals surface area (Å²) in [6, 6.07) is 29.0. The fraction of sp³-hybridized carbons (Fsp3) is 0.316. The molecule has 0 saturated heterocycles. The fourth-order valence-electron chi connectivity index (χ4n) is 5.32. The summed E-state index contributed by atoms with van der Waals surface area (Å²) in [5.74, 6) is 0.0553. The second kappa shape index (κ2) is 17.4. The highest BCUT2D eigenvalue weighted by Crippen LogP contribution is 2.33. The highest BCUT2D eigenvalue weighted by molar-refractivity contribution is 7.92. The largest absolute Gasteiger partial charge is 0.497 e. The topological polar surface area (TPSA) is 105 Å². The third-order valence-electron chi connectivity index (χ3n) is 7.91. The number of amides is 2. The Morgan fingerprint density at radius 2 is 1.54 bits per heavy atom. The first kappa shape index (κ1) is 36.0. The van der Waals surface area contributed by atoms with Crippen LogP contribution in [-0.4, -0.2) is 58.0 Å². The first-order valence-corrected chi connectivity index (χ1v) is 17.7. The number of hydrogen-bond acceptors (Lipinski definition) is 6. The minimum atomic E-state index is -4.26. The lowest BCUT2D eigenvalue weighted by Gasteiger charge is -2.34. The van der Waals surface area contributed by atoms with Gasteiger partial charge >= 0.3 is 0 Å². The Morgan fingerprint density at radius 1 is 0.854 bits per heavy atom. The van der Waals surface area contributed by atoms with Crippen molar-refractivity contribution in [3.63, 3.8) is 0 Å². The number of carbonyl (C=O) groups excluding carboxylic acids is 2. The minimum Gasteiger partial charge on any atom is -0.497 e. The molecule has 9 nitrogen and oxygen atoms in total. The number of benzene rings is 4. The molecule has 2 amide bonds. The summed E-state index contributed by atoms with van der Waals surface area (Å²) in [7, 11) is -2.70. The highest BCUT2D eigenvalue weighted by atomic mass is 32.2. The molecule has 1 atom stereocenters. The molecule has 0 spiro atoms. The molecule has 0 unspecified atom stereocenters. The molecule has 0 aliphatic heterocycles. The number of para-hydroxylation sites is 2. The highest BCUT2D eigenvalue weighted by Gasteiger charge is 2.35. The second-order valence-corrected chi connectivity index (χ2v) is 13.3. The van der Waals surface area contributed by atoms with Crippen molar-refractivity contribution in [1.82, 2.24) is 10.2 Å². The number of aryl methyl sites for hydroxylation is 1. The van der Waals surface area contributed by atoms with Crippen molar-refractivity contribution < 1.29 is 27.5 Å². The van der Waals surface area contributed by atoms with Crippen molar-refractivity contribution >= 4 is 27.5 Å². The molecule has 4 rings (SSSR count). The summed E-state index contributed by atoms with van der Waals surface area (Å²) in [5.41, 5.74) is 2.71. The van der Waals surface area contributed by atoms with E-state index in [1.807, 2.05) is 63.2 Å². The number of nitrogens with zero attached hydrogens (tertiary/aromatic N) is 2. The lowest BCUT2D eigenvalue weighted by molar-refractivity contribution is -0.140. The monoisotopic (exact) mass is 671 g/mol. The van der Waals surface area contributed by atoms with E-state index in [9.17, 15) is 18.0 Å². The quantitative estimate of drug-likeness (QED) is 0.135. The van der Waals surface area contributed by atoms with Crippen LogP contribution in [0.4, 0.5) is 5.69 Å². The van der Waals surface area contributed by atoms with Crippen LogP contribution < -0.4 is 19.1 Å². The van der Waals surface area contributed by atoms with E-state index in [0.717, 1.165) is 33.8 Å². The lowest BCUT2D eigenvalue weighted by Crippen LogP contribution is -2.53. The van der Waals surface area contributed by atoms with Crippen molar-refractivity contribution in [2.45, 2.75) is 57.5 Å². The number of sulfonamides is 1. The van der Waals surface area contributed by atoms with Gasteiger partial charge in [0.2, 0.25) is 11.8 Å². The van der Waals surface area contributed by atoms with E-state index < -0.39 is 28.5 Å². The Kier molecular flexibility index (Phi) is 13.0. The van der Waals surface area contributed by atoms with Crippen LogP contribution in [-0.2, 0) is 32.6 Å². The molecule has 1 N–H and O–H groups in total. The van der Waals surface area contributed by atoms with Crippen LogP contribution in [0.5, 0.6) is 11.5 Å². The summed E-state index contributed by atoms with van der Waals surface area (Å²) >= 11 is 0. The molecule has 0 heterocycles. The van der Waals surface area contributed by atoms with Gasteiger partial charge in [-0.2, -0.15) is 0 Å². The van der Waals surface area contributed by atoms with Gasteiger partial charge in [0.25, 0.3) is 10.0 Å². The molecule has 48 heavy (non-hydrogen) atoms. The van der Waals surface area contributed by atoms with Crippen LogP contribution in [0.2, 0.25) is 0 Å². The van der Waals surface area contributed by atoms with Crippen molar-refractivity contribution in [1.29, 1.82) is 0 Å². The van der Waals surface area contributed by atoms with Gasteiger partial charge < -0.3 is 19.7 Å². The van der Waals surface area contributed by atoms with Crippen LogP contribution in [0.15, 0.2) is 108 Å². The second-order valence-electron chi connectivity index (χ2n) is 11.4. The van der Waals surface area contributed by atoms with Crippen LogP contribution in [0, 0.1) is 6.92 Å². The standard InChI is InChI=1S/C38H45N3O6S/c1-5-7-24-39-38(43)35(26-30-14-9-8-10-15-30)40(27-31-16-13-17-32(25-31)46-4)37(42)28-41(34-18-11-12-19-36(34)47-6-2)48(44,45)33-22-20-29(3)21-23-33/h8-23,25,35H,5-7,24,26-28H2,1-4H3,(H,39,43)/t35-/m1/s1. The SMILES string of the molecule is CCCCNC(=O)[C@@H](Cc1ccccc1)N(Cc1cccc(OC)c1)C(=O)CN(c1ccccc1OCC)S(=O)(=O)c1ccc(C)cc1. The fourth-order valence-corrected chi connectivity index (χ4v) is 6.74. The zero-order valence-electron chi connectivity index (χ0n) is 28.1. The molecular formula is C38H45N3O6S. The van der Waals surface area contributed by atoms with Crippen molar-refractivity contribution in [3.05, 3.63) is 120 Å². The van der Waals surface area contributed by atoms with Gasteiger partial charge in [-0.15, -0.1) is 0 Å². The zero-order chi connectivity index (χ0) is 34.5. The van der Waals surface area contributed by atoms with E-state index in [1.165, 1.54) is 17.0 Å². The molecule has 0 radical (unpaired) electrons. The van der Waals surface area contributed by atoms with Crippen LogP contribution in [0.1, 0.15) is 43.4 Å². The van der Waals surface area contributed by atoms with Crippen LogP contribution in [0.25, 0.3) is 0 Å². The number of hydrogen-bond donors (Lipinski definition) is 1. The number of anilines is 1. The number of unbranched alkanes of at least 4 members (excludes halogenated alkanes) is 1. The summed E-state index contributed by atoms with van der Waals surface area (Å²) in [5, 5.41) is 3.01. The average molecular weight is 672 g/mol.